The summed E-state index contributed by atoms with van der Waals surface area (Å²) < 4.78 is 34.3. The second kappa shape index (κ2) is 7.92. The molecule has 0 N–H and O–H groups in total. The number of likely N-dealkylation sites (N-methyl/N-ethyl adjacent to an activating group) is 1. The van der Waals surface area contributed by atoms with Gasteiger partial charge in [-0.25, -0.2) is 8.78 Å². The maximum Gasteiger partial charge on any atom is 0.248 e. The summed E-state index contributed by atoms with van der Waals surface area (Å²) in [6, 6.07) is 5.84. The van der Waals surface area contributed by atoms with Gasteiger partial charge >= 0.3 is 0 Å². The topological polar surface area (TPSA) is 50.6 Å². The molecule has 1 aliphatic heterocycles. The summed E-state index contributed by atoms with van der Waals surface area (Å²) in [5.41, 5.74) is 1.69. The lowest BCUT2D eigenvalue weighted by Crippen LogP contribution is -2.36. The molecule has 26 heavy (non-hydrogen) atoms. The average molecular weight is 364 g/mol. The highest BCUT2D eigenvalue weighted by Gasteiger charge is 2.24. The maximum absolute atomic E-state index is 13.5. The van der Waals surface area contributed by atoms with E-state index in [2.05, 4.69) is 10.00 Å². The van der Waals surface area contributed by atoms with Crippen molar-refractivity contribution in [1.82, 2.24) is 19.6 Å². The minimum Gasteiger partial charge on any atom is -0.365 e. The maximum atomic E-state index is 13.5. The van der Waals surface area contributed by atoms with Gasteiger partial charge < -0.3 is 9.64 Å². The molecule has 1 aromatic carbocycles. The Morgan fingerprint density at radius 3 is 2.81 bits per heavy atom. The smallest absolute Gasteiger partial charge is 0.248 e. The zero-order valence-electron chi connectivity index (χ0n) is 14.9. The Kier molecular flexibility index (Phi) is 5.63. The van der Waals surface area contributed by atoms with Crippen molar-refractivity contribution < 1.29 is 18.3 Å². The predicted molar refractivity (Wildman–Crippen MR) is 91.1 cm³/mol. The first-order valence-electron chi connectivity index (χ1n) is 8.41. The molecule has 0 aliphatic carbocycles. The zero-order chi connectivity index (χ0) is 18.7. The molecule has 2 aromatic rings. The van der Waals surface area contributed by atoms with Crippen LogP contribution in [0.4, 0.5) is 8.78 Å². The Morgan fingerprint density at radius 1 is 1.27 bits per heavy atom. The van der Waals surface area contributed by atoms with E-state index in [0.29, 0.717) is 31.7 Å². The first kappa shape index (κ1) is 18.5. The van der Waals surface area contributed by atoms with E-state index in [-0.39, 0.29) is 18.6 Å². The van der Waals surface area contributed by atoms with E-state index >= 15 is 0 Å². The quantitative estimate of drug-likeness (QED) is 0.810. The van der Waals surface area contributed by atoms with Crippen LogP contribution in [0.1, 0.15) is 11.3 Å². The Bertz CT molecular complexity index is 778. The lowest BCUT2D eigenvalue weighted by Gasteiger charge is -2.24. The number of hydrogen-bond acceptors (Lipinski definition) is 4. The highest BCUT2D eigenvalue weighted by Crippen LogP contribution is 2.18. The van der Waals surface area contributed by atoms with Crippen LogP contribution in [0.15, 0.2) is 30.5 Å². The Balaban J connectivity index is 1.72. The predicted octanol–water partition coefficient (Wildman–Crippen LogP) is 1.65. The number of amides is 1. The highest BCUT2D eigenvalue weighted by molar-refractivity contribution is 5.76. The van der Waals surface area contributed by atoms with Gasteiger partial charge in [0.05, 0.1) is 18.3 Å². The second-order valence-electron chi connectivity index (χ2n) is 6.64. The highest BCUT2D eigenvalue weighted by atomic mass is 19.2. The molecular weight excluding hydrogens is 342 g/mol. The molecule has 1 aliphatic rings. The van der Waals surface area contributed by atoms with E-state index in [1.165, 1.54) is 11.0 Å². The third kappa shape index (κ3) is 4.44. The van der Waals surface area contributed by atoms with Gasteiger partial charge in [0.15, 0.2) is 11.6 Å². The molecule has 8 heteroatoms. The van der Waals surface area contributed by atoms with Gasteiger partial charge in [-0.15, -0.1) is 0 Å². The van der Waals surface area contributed by atoms with Gasteiger partial charge in [0.25, 0.3) is 0 Å². The van der Waals surface area contributed by atoms with E-state index in [9.17, 15) is 13.6 Å². The molecule has 3 rings (SSSR count). The summed E-state index contributed by atoms with van der Waals surface area (Å²) in [5.74, 6) is -1.82. The van der Waals surface area contributed by atoms with Crippen LogP contribution in [0, 0.1) is 11.6 Å². The Morgan fingerprint density at radius 2 is 2.08 bits per heavy atom. The number of carbonyl (C=O) groups excluding carboxylic acids is 1. The number of aromatic nitrogens is 2. The number of rotatable bonds is 5. The second-order valence-corrected chi connectivity index (χ2v) is 6.64. The van der Waals surface area contributed by atoms with Gasteiger partial charge in [-0.05, 0) is 23.8 Å². The van der Waals surface area contributed by atoms with Gasteiger partial charge in [0.1, 0.15) is 6.61 Å². The van der Waals surface area contributed by atoms with Crippen LogP contribution in [-0.4, -0.2) is 58.8 Å². The fourth-order valence-electron chi connectivity index (χ4n) is 2.93. The third-order valence-electron chi connectivity index (χ3n) is 4.36. The fourth-order valence-corrected chi connectivity index (χ4v) is 2.93. The number of benzene rings is 1. The van der Waals surface area contributed by atoms with E-state index in [4.69, 9.17) is 4.74 Å². The number of nitrogens with zero attached hydrogens (tertiary/aromatic N) is 4. The molecule has 1 aromatic heterocycles. The minimum atomic E-state index is -0.855. The standard InChI is InChI=1S/C18H22F2N4O2/c1-22(2)18(25)12-26-15-10-23(9-14-5-6-21-24(14)11-15)8-13-3-4-16(19)17(20)7-13/h3-7,15H,8-12H2,1-2H3. The van der Waals surface area contributed by atoms with Crippen LogP contribution in [0.25, 0.3) is 0 Å². The van der Waals surface area contributed by atoms with Crippen LogP contribution in [-0.2, 0) is 29.2 Å². The SMILES string of the molecule is CN(C)C(=O)COC1CN(Cc2ccc(F)c(F)c2)Cc2ccnn2C1. The van der Waals surface area contributed by atoms with Gasteiger partial charge in [0, 0.05) is 39.9 Å². The molecule has 6 nitrogen and oxygen atoms in total. The number of carbonyl (C=O) groups is 1. The molecular formula is C18H22F2N4O2. The number of fused-ring (bicyclic) bond motifs is 1. The monoisotopic (exact) mass is 364 g/mol. The molecule has 0 spiro atoms. The fraction of sp³-hybridized carbons (Fsp3) is 0.444. The van der Waals surface area contributed by atoms with E-state index < -0.39 is 11.6 Å². The van der Waals surface area contributed by atoms with Crippen LogP contribution in [0.3, 0.4) is 0 Å². The van der Waals surface area contributed by atoms with Crippen molar-refractivity contribution in [2.45, 2.75) is 25.7 Å². The summed E-state index contributed by atoms with van der Waals surface area (Å²) in [7, 11) is 3.36. The molecule has 0 fully saturated rings. The normalized spacial score (nSPS) is 17.6. The van der Waals surface area contributed by atoms with Crippen molar-refractivity contribution >= 4 is 5.91 Å². The van der Waals surface area contributed by atoms with Crippen LogP contribution < -0.4 is 0 Å². The molecule has 1 atom stereocenters. The lowest BCUT2D eigenvalue weighted by atomic mass is 10.2. The van der Waals surface area contributed by atoms with Crippen molar-refractivity contribution in [3.05, 3.63) is 53.4 Å². The summed E-state index contributed by atoms with van der Waals surface area (Å²) in [6.07, 6.45) is 1.49. The molecule has 1 unspecified atom stereocenters. The van der Waals surface area contributed by atoms with E-state index in [0.717, 1.165) is 11.8 Å². The Hall–Kier alpha value is -2.32. The van der Waals surface area contributed by atoms with Gasteiger partial charge in [-0.1, -0.05) is 6.07 Å². The minimum absolute atomic E-state index is 0.00666. The van der Waals surface area contributed by atoms with Crippen molar-refractivity contribution in [3.63, 3.8) is 0 Å². The average Bonchev–Trinajstić information content (AvgIpc) is 2.95. The summed E-state index contributed by atoms with van der Waals surface area (Å²) in [4.78, 5) is 15.4. The first-order chi connectivity index (χ1) is 12.4. The molecule has 140 valence electrons. The molecule has 0 bridgehead atoms. The summed E-state index contributed by atoms with van der Waals surface area (Å²) >= 11 is 0. The third-order valence-corrected chi connectivity index (χ3v) is 4.36. The van der Waals surface area contributed by atoms with Crippen LogP contribution in [0.2, 0.25) is 0 Å². The first-order valence-corrected chi connectivity index (χ1v) is 8.41. The lowest BCUT2D eigenvalue weighted by molar-refractivity contribution is -0.136. The summed E-state index contributed by atoms with van der Waals surface area (Å²) in [6.45, 7) is 2.15. The summed E-state index contributed by atoms with van der Waals surface area (Å²) in [5, 5.41) is 4.30. The van der Waals surface area contributed by atoms with Gasteiger partial charge in [-0.2, -0.15) is 5.10 Å². The molecule has 0 saturated heterocycles. The van der Waals surface area contributed by atoms with Crippen molar-refractivity contribution in [2.75, 3.05) is 27.2 Å². The van der Waals surface area contributed by atoms with Crippen LogP contribution in [0.5, 0.6) is 0 Å². The van der Waals surface area contributed by atoms with Crippen molar-refractivity contribution in [2.24, 2.45) is 0 Å². The van der Waals surface area contributed by atoms with E-state index in [1.807, 2.05) is 10.7 Å². The molecule has 0 radical (unpaired) electrons. The van der Waals surface area contributed by atoms with Crippen molar-refractivity contribution in [3.8, 4) is 0 Å². The van der Waals surface area contributed by atoms with Crippen LogP contribution >= 0.6 is 0 Å². The largest absolute Gasteiger partial charge is 0.365 e. The van der Waals surface area contributed by atoms with Gasteiger partial charge in [0.2, 0.25) is 5.91 Å². The molecule has 2 heterocycles. The zero-order valence-corrected chi connectivity index (χ0v) is 14.9. The van der Waals surface area contributed by atoms with E-state index in [1.54, 1.807) is 26.4 Å². The molecule has 1 amide bonds. The van der Waals surface area contributed by atoms with Crippen molar-refractivity contribution in [1.29, 1.82) is 0 Å². The Labute approximate surface area is 151 Å². The number of ether oxygens (including phenoxy) is 1. The number of hydrogen-bond donors (Lipinski definition) is 0. The number of halogens is 2. The van der Waals surface area contributed by atoms with Gasteiger partial charge in [-0.3, -0.25) is 14.4 Å². The molecule has 0 saturated carbocycles.